The molecule has 0 spiro atoms. The van der Waals surface area contributed by atoms with Gasteiger partial charge in [-0.3, -0.25) is 0 Å². The van der Waals surface area contributed by atoms with Gasteiger partial charge in [-0.1, -0.05) is 25.0 Å². The minimum absolute atomic E-state index is 0.164. The van der Waals surface area contributed by atoms with E-state index in [1.165, 1.54) is 24.0 Å². The molecule has 0 radical (unpaired) electrons. The van der Waals surface area contributed by atoms with E-state index in [0.29, 0.717) is 6.42 Å². The van der Waals surface area contributed by atoms with Gasteiger partial charge in [-0.05, 0) is 50.5 Å². The number of hydrogen-bond acceptors (Lipinski definition) is 1. The molecule has 1 nitrogen and oxygen atoms in total. The van der Waals surface area contributed by atoms with Gasteiger partial charge in [0, 0.05) is 0 Å². The molecule has 0 fully saturated rings. The first kappa shape index (κ1) is 12.5. The van der Waals surface area contributed by atoms with Crippen molar-refractivity contribution >= 4 is 0 Å². The van der Waals surface area contributed by atoms with Crippen molar-refractivity contribution in [3.63, 3.8) is 0 Å². The molecule has 0 aromatic heterocycles. The lowest BCUT2D eigenvalue weighted by molar-refractivity contribution is 0.168. The van der Waals surface area contributed by atoms with Crippen LogP contribution in [0.15, 0.2) is 23.3 Å². The maximum atomic E-state index is 10.2. The molecule has 1 rings (SSSR count). The van der Waals surface area contributed by atoms with E-state index < -0.39 is 0 Å². The Balaban J connectivity index is 2.92. The van der Waals surface area contributed by atoms with Crippen molar-refractivity contribution in [1.82, 2.24) is 0 Å². The quantitative estimate of drug-likeness (QED) is 0.699. The topological polar surface area (TPSA) is 20.2 Å². The Morgan fingerprint density at radius 2 is 2.13 bits per heavy atom. The highest BCUT2D eigenvalue weighted by Gasteiger charge is 2.32. The maximum Gasteiger partial charge on any atom is 0.0794 e. The Hall–Kier alpha value is -0.560. The first-order chi connectivity index (χ1) is 6.84. The van der Waals surface area contributed by atoms with E-state index in [9.17, 15) is 5.11 Å². The largest absolute Gasteiger partial charge is 0.388 e. The van der Waals surface area contributed by atoms with Crippen LogP contribution in [0.5, 0.6) is 0 Å². The summed E-state index contributed by atoms with van der Waals surface area (Å²) in [5.41, 5.74) is 3.87. The number of aliphatic hydroxyl groups is 1. The summed E-state index contributed by atoms with van der Waals surface area (Å²) in [6, 6.07) is 0. The summed E-state index contributed by atoms with van der Waals surface area (Å²) >= 11 is 0. The summed E-state index contributed by atoms with van der Waals surface area (Å²) in [5.74, 6) is 0. The van der Waals surface area contributed by atoms with E-state index in [1.807, 2.05) is 6.92 Å². The first-order valence-corrected chi connectivity index (χ1v) is 5.87. The summed E-state index contributed by atoms with van der Waals surface area (Å²) in [4.78, 5) is 0. The van der Waals surface area contributed by atoms with Crippen molar-refractivity contribution in [1.29, 1.82) is 0 Å². The SMILES string of the molecule is C=C(C)CC(O)C1=C(C)CCCC1(C)C. The summed E-state index contributed by atoms with van der Waals surface area (Å²) in [6.45, 7) is 12.5. The van der Waals surface area contributed by atoms with Gasteiger partial charge in [-0.25, -0.2) is 0 Å². The van der Waals surface area contributed by atoms with E-state index in [4.69, 9.17) is 0 Å². The third kappa shape index (κ3) is 2.94. The molecule has 15 heavy (non-hydrogen) atoms. The molecule has 1 aliphatic carbocycles. The molecule has 1 aliphatic rings. The van der Waals surface area contributed by atoms with Gasteiger partial charge >= 0.3 is 0 Å². The third-order valence-electron chi connectivity index (χ3n) is 3.42. The van der Waals surface area contributed by atoms with Crippen LogP contribution in [-0.2, 0) is 0 Å². The van der Waals surface area contributed by atoms with Crippen LogP contribution in [0.2, 0.25) is 0 Å². The molecule has 0 aliphatic heterocycles. The number of rotatable bonds is 3. The summed E-state index contributed by atoms with van der Waals surface area (Å²) in [7, 11) is 0. The normalized spacial score (nSPS) is 22.7. The van der Waals surface area contributed by atoms with E-state index in [-0.39, 0.29) is 11.5 Å². The molecule has 0 amide bonds. The second kappa shape index (κ2) is 4.52. The highest BCUT2D eigenvalue weighted by Crippen LogP contribution is 2.42. The summed E-state index contributed by atoms with van der Waals surface area (Å²) in [6.07, 6.45) is 3.97. The van der Waals surface area contributed by atoms with Gasteiger partial charge in [0.2, 0.25) is 0 Å². The van der Waals surface area contributed by atoms with Crippen molar-refractivity contribution in [2.45, 2.75) is 59.5 Å². The molecule has 0 saturated heterocycles. The molecule has 0 aromatic carbocycles. The Kier molecular flexibility index (Phi) is 3.77. The smallest absolute Gasteiger partial charge is 0.0794 e. The maximum absolute atomic E-state index is 10.2. The lowest BCUT2D eigenvalue weighted by Gasteiger charge is -2.37. The van der Waals surface area contributed by atoms with Crippen LogP contribution in [0.3, 0.4) is 0 Å². The average molecular weight is 208 g/mol. The van der Waals surface area contributed by atoms with Crippen LogP contribution >= 0.6 is 0 Å². The van der Waals surface area contributed by atoms with Crippen LogP contribution in [0.1, 0.15) is 53.4 Å². The molecular formula is C14H24O. The van der Waals surface area contributed by atoms with Gasteiger partial charge in [0.1, 0.15) is 0 Å². The summed E-state index contributed by atoms with van der Waals surface area (Å²) in [5, 5.41) is 10.2. The fraction of sp³-hybridized carbons (Fsp3) is 0.714. The monoisotopic (exact) mass is 208 g/mol. The van der Waals surface area contributed by atoms with Gasteiger partial charge in [0.25, 0.3) is 0 Å². The minimum Gasteiger partial charge on any atom is -0.388 e. The van der Waals surface area contributed by atoms with Crippen LogP contribution in [0.25, 0.3) is 0 Å². The fourth-order valence-corrected chi connectivity index (χ4v) is 2.81. The standard InChI is InChI=1S/C14H24O/c1-10(2)9-12(15)13-11(3)7-6-8-14(13,4)5/h12,15H,1,6-9H2,2-5H3. The number of aliphatic hydroxyl groups excluding tert-OH is 1. The van der Waals surface area contributed by atoms with Crippen LogP contribution in [0, 0.1) is 5.41 Å². The molecule has 1 heteroatoms. The highest BCUT2D eigenvalue weighted by molar-refractivity contribution is 5.27. The van der Waals surface area contributed by atoms with Crippen molar-refractivity contribution in [2.75, 3.05) is 0 Å². The first-order valence-electron chi connectivity index (χ1n) is 5.87. The van der Waals surface area contributed by atoms with Crippen molar-refractivity contribution in [2.24, 2.45) is 5.41 Å². The van der Waals surface area contributed by atoms with Gasteiger partial charge in [-0.15, -0.1) is 6.58 Å². The molecule has 86 valence electrons. The molecular weight excluding hydrogens is 184 g/mol. The third-order valence-corrected chi connectivity index (χ3v) is 3.42. The fourth-order valence-electron chi connectivity index (χ4n) is 2.81. The van der Waals surface area contributed by atoms with E-state index in [1.54, 1.807) is 0 Å². The zero-order chi connectivity index (χ0) is 11.6. The Morgan fingerprint density at radius 3 is 2.60 bits per heavy atom. The van der Waals surface area contributed by atoms with E-state index in [0.717, 1.165) is 12.0 Å². The van der Waals surface area contributed by atoms with Crippen LogP contribution in [-0.4, -0.2) is 11.2 Å². The second-order valence-electron chi connectivity index (χ2n) is 5.61. The molecule has 1 atom stereocenters. The zero-order valence-electron chi connectivity index (χ0n) is 10.6. The van der Waals surface area contributed by atoms with Crippen molar-refractivity contribution in [3.8, 4) is 0 Å². The lowest BCUT2D eigenvalue weighted by atomic mass is 9.70. The predicted molar refractivity (Wildman–Crippen MR) is 65.8 cm³/mol. The van der Waals surface area contributed by atoms with Gasteiger partial charge in [-0.2, -0.15) is 0 Å². The molecule has 0 saturated carbocycles. The number of allylic oxidation sites excluding steroid dienone is 1. The molecule has 0 bridgehead atoms. The van der Waals surface area contributed by atoms with Crippen molar-refractivity contribution < 1.29 is 5.11 Å². The summed E-state index contributed by atoms with van der Waals surface area (Å²) < 4.78 is 0. The number of hydrogen-bond donors (Lipinski definition) is 1. The molecule has 0 heterocycles. The Bertz CT molecular complexity index is 284. The van der Waals surface area contributed by atoms with Crippen molar-refractivity contribution in [3.05, 3.63) is 23.3 Å². The Labute approximate surface area is 93.9 Å². The van der Waals surface area contributed by atoms with Gasteiger partial charge < -0.3 is 5.11 Å². The Morgan fingerprint density at radius 1 is 1.53 bits per heavy atom. The zero-order valence-corrected chi connectivity index (χ0v) is 10.6. The van der Waals surface area contributed by atoms with E-state index >= 15 is 0 Å². The molecule has 0 aromatic rings. The predicted octanol–water partition coefficient (Wildman–Crippen LogP) is 3.84. The van der Waals surface area contributed by atoms with Gasteiger partial charge in [0.05, 0.1) is 6.10 Å². The second-order valence-corrected chi connectivity index (χ2v) is 5.61. The van der Waals surface area contributed by atoms with Crippen LogP contribution < -0.4 is 0 Å². The van der Waals surface area contributed by atoms with E-state index in [2.05, 4.69) is 27.4 Å². The lowest BCUT2D eigenvalue weighted by Crippen LogP contribution is -2.29. The average Bonchev–Trinajstić information content (AvgIpc) is 1.99. The van der Waals surface area contributed by atoms with Crippen LogP contribution in [0.4, 0.5) is 0 Å². The molecule has 1 unspecified atom stereocenters. The highest BCUT2D eigenvalue weighted by atomic mass is 16.3. The minimum atomic E-state index is -0.321. The molecule has 1 N–H and O–H groups in total. The van der Waals surface area contributed by atoms with Gasteiger partial charge in [0.15, 0.2) is 0 Å².